The smallest absolute Gasteiger partial charge is 0.306 e. The lowest BCUT2D eigenvalue weighted by molar-refractivity contribution is -0.145. The van der Waals surface area contributed by atoms with Crippen molar-refractivity contribution in [2.45, 2.75) is 46.0 Å². The Kier molecular flexibility index (Phi) is 3.76. The second kappa shape index (κ2) is 4.64. The van der Waals surface area contributed by atoms with Gasteiger partial charge in [-0.2, -0.15) is 0 Å². The number of carbonyl (C=O) groups is 1. The number of hydrogen-bond donors (Lipinski definition) is 1. The van der Waals surface area contributed by atoms with Crippen LogP contribution in [0.3, 0.4) is 0 Å². The molecule has 1 saturated carbocycles. The van der Waals surface area contributed by atoms with E-state index in [1.165, 1.54) is 19.3 Å². The van der Waals surface area contributed by atoms with E-state index in [1.807, 2.05) is 6.92 Å². The van der Waals surface area contributed by atoms with Gasteiger partial charge >= 0.3 is 5.97 Å². The summed E-state index contributed by atoms with van der Waals surface area (Å²) in [5, 5.41) is 9.04. The normalized spacial score (nSPS) is 31.2. The third kappa shape index (κ3) is 2.45. The van der Waals surface area contributed by atoms with E-state index >= 15 is 0 Å². The molecule has 0 spiro atoms. The van der Waals surface area contributed by atoms with Gasteiger partial charge in [0.15, 0.2) is 0 Å². The van der Waals surface area contributed by atoms with Crippen molar-refractivity contribution >= 4 is 5.97 Å². The zero-order chi connectivity index (χ0) is 9.84. The van der Waals surface area contributed by atoms with Crippen LogP contribution in [0.1, 0.15) is 46.0 Å². The van der Waals surface area contributed by atoms with E-state index in [0.29, 0.717) is 11.8 Å². The Morgan fingerprint density at radius 1 is 1.46 bits per heavy atom. The van der Waals surface area contributed by atoms with E-state index in [1.54, 1.807) is 0 Å². The van der Waals surface area contributed by atoms with Crippen LogP contribution in [0.4, 0.5) is 0 Å². The molecule has 1 fully saturated rings. The van der Waals surface area contributed by atoms with Gasteiger partial charge in [-0.05, 0) is 24.7 Å². The molecule has 0 aromatic rings. The molecule has 1 N–H and O–H groups in total. The predicted molar refractivity (Wildman–Crippen MR) is 52.5 cm³/mol. The molecule has 0 heterocycles. The van der Waals surface area contributed by atoms with Gasteiger partial charge in [-0.3, -0.25) is 4.79 Å². The van der Waals surface area contributed by atoms with Gasteiger partial charge in [-0.15, -0.1) is 0 Å². The van der Waals surface area contributed by atoms with Gasteiger partial charge in [0.25, 0.3) is 0 Å². The summed E-state index contributed by atoms with van der Waals surface area (Å²) < 4.78 is 0. The van der Waals surface area contributed by atoms with Crippen molar-refractivity contribution in [1.29, 1.82) is 0 Å². The van der Waals surface area contributed by atoms with Crippen LogP contribution in [0.2, 0.25) is 0 Å². The lowest BCUT2D eigenvalue weighted by Gasteiger charge is -2.32. The number of aliphatic carboxylic acids is 1. The zero-order valence-electron chi connectivity index (χ0n) is 8.62. The highest BCUT2D eigenvalue weighted by Crippen LogP contribution is 2.36. The summed E-state index contributed by atoms with van der Waals surface area (Å²) >= 11 is 0. The molecule has 76 valence electrons. The molecule has 1 aliphatic rings. The van der Waals surface area contributed by atoms with Crippen molar-refractivity contribution in [2.75, 3.05) is 0 Å². The molecule has 1 rings (SSSR count). The van der Waals surface area contributed by atoms with Crippen molar-refractivity contribution in [3.8, 4) is 0 Å². The van der Waals surface area contributed by atoms with Gasteiger partial charge in [0, 0.05) is 0 Å². The Balaban J connectivity index is 2.60. The van der Waals surface area contributed by atoms with Crippen LogP contribution in [-0.2, 0) is 4.79 Å². The molecule has 2 nitrogen and oxygen atoms in total. The van der Waals surface area contributed by atoms with Crippen LogP contribution in [0.5, 0.6) is 0 Å². The molecule has 2 heteroatoms. The van der Waals surface area contributed by atoms with Crippen molar-refractivity contribution in [3.05, 3.63) is 0 Å². The van der Waals surface area contributed by atoms with Crippen LogP contribution >= 0.6 is 0 Å². The first kappa shape index (κ1) is 10.6. The van der Waals surface area contributed by atoms with Crippen LogP contribution in [-0.4, -0.2) is 11.1 Å². The van der Waals surface area contributed by atoms with Crippen molar-refractivity contribution in [2.24, 2.45) is 17.8 Å². The number of hydrogen-bond acceptors (Lipinski definition) is 1. The van der Waals surface area contributed by atoms with Gasteiger partial charge in [0.05, 0.1) is 5.92 Å². The van der Waals surface area contributed by atoms with Crippen LogP contribution in [0.15, 0.2) is 0 Å². The molecule has 3 atom stereocenters. The SMILES string of the molecule is CCC(C(=O)O)C1CCCCC1C. The van der Waals surface area contributed by atoms with Crippen molar-refractivity contribution < 1.29 is 9.90 Å². The van der Waals surface area contributed by atoms with Gasteiger partial charge < -0.3 is 5.11 Å². The fraction of sp³-hybridized carbons (Fsp3) is 0.909. The Bertz CT molecular complexity index is 177. The summed E-state index contributed by atoms with van der Waals surface area (Å²) in [6.07, 6.45) is 5.62. The maximum atomic E-state index is 11.0. The third-order valence-corrected chi connectivity index (χ3v) is 3.45. The highest BCUT2D eigenvalue weighted by Gasteiger charge is 2.32. The molecule has 3 unspecified atom stereocenters. The minimum atomic E-state index is -0.596. The zero-order valence-corrected chi connectivity index (χ0v) is 8.62. The van der Waals surface area contributed by atoms with E-state index in [2.05, 4.69) is 6.92 Å². The fourth-order valence-electron chi connectivity index (χ4n) is 2.60. The molecule has 0 aromatic carbocycles. The molecule has 13 heavy (non-hydrogen) atoms. The fourth-order valence-corrected chi connectivity index (χ4v) is 2.60. The first-order valence-corrected chi connectivity index (χ1v) is 5.39. The lowest BCUT2D eigenvalue weighted by atomic mass is 9.72. The topological polar surface area (TPSA) is 37.3 Å². The second-order valence-electron chi connectivity index (χ2n) is 4.28. The summed E-state index contributed by atoms with van der Waals surface area (Å²) in [7, 11) is 0. The van der Waals surface area contributed by atoms with Gasteiger partial charge in [-0.25, -0.2) is 0 Å². The van der Waals surface area contributed by atoms with E-state index in [4.69, 9.17) is 5.11 Å². The molecule has 0 radical (unpaired) electrons. The van der Waals surface area contributed by atoms with Crippen molar-refractivity contribution in [1.82, 2.24) is 0 Å². The average molecular weight is 184 g/mol. The number of carboxylic acid groups (broad SMARTS) is 1. The monoisotopic (exact) mass is 184 g/mol. The van der Waals surface area contributed by atoms with Gasteiger partial charge in [0.1, 0.15) is 0 Å². The summed E-state index contributed by atoms with van der Waals surface area (Å²) in [5.74, 6) is 0.336. The minimum Gasteiger partial charge on any atom is -0.481 e. The van der Waals surface area contributed by atoms with Gasteiger partial charge in [0.2, 0.25) is 0 Å². The summed E-state index contributed by atoms with van der Waals surface area (Å²) in [4.78, 5) is 11.0. The summed E-state index contributed by atoms with van der Waals surface area (Å²) in [6, 6.07) is 0. The molecule has 0 amide bonds. The van der Waals surface area contributed by atoms with Crippen LogP contribution in [0.25, 0.3) is 0 Å². The number of carboxylic acids is 1. The standard InChI is InChI=1S/C11H20O2/c1-3-9(11(12)13)10-7-5-4-6-8(10)2/h8-10H,3-7H2,1-2H3,(H,12,13). The van der Waals surface area contributed by atoms with Crippen molar-refractivity contribution in [3.63, 3.8) is 0 Å². The Hall–Kier alpha value is -0.530. The first-order chi connectivity index (χ1) is 6.16. The highest BCUT2D eigenvalue weighted by atomic mass is 16.4. The first-order valence-electron chi connectivity index (χ1n) is 5.39. The number of rotatable bonds is 3. The molecular weight excluding hydrogens is 164 g/mol. The Morgan fingerprint density at radius 3 is 2.54 bits per heavy atom. The van der Waals surface area contributed by atoms with E-state index in [-0.39, 0.29) is 5.92 Å². The second-order valence-corrected chi connectivity index (χ2v) is 4.28. The minimum absolute atomic E-state index is 0.102. The molecule has 0 bridgehead atoms. The van der Waals surface area contributed by atoms with Gasteiger partial charge in [-0.1, -0.05) is 33.1 Å². The lowest BCUT2D eigenvalue weighted by Crippen LogP contribution is -2.30. The molecule has 0 aliphatic heterocycles. The summed E-state index contributed by atoms with van der Waals surface area (Å²) in [5.41, 5.74) is 0. The highest BCUT2D eigenvalue weighted by molar-refractivity contribution is 5.70. The Morgan fingerprint density at radius 2 is 2.08 bits per heavy atom. The summed E-state index contributed by atoms with van der Waals surface area (Å²) in [6.45, 7) is 4.19. The quantitative estimate of drug-likeness (QED) is 0.732. The van der Waals surface area contributed by atoms with Crippen LogP contribution < -0.4 is 0 Å². The van der Waals surface area contributed by atoms with E-state index in [9.17, 15) is 4.79 Å². The van der Waals surface area contributed by atoms with E-state index in [0.717, 1.165) is 12.8 Å². The molecule has 0 saturated heterocycles. The average Bonchev–Trinajstić information content (AvgIpc) is 2.09. The maximum Gasteiger partial charge on any atom is 0.306 e. The molecular formula is C11H20O2. The van der Waals surface area contributed by atoms with Crippen LogP contribution in [0, 0.1) is 17.8 Å². The largest absolute Gasteiger partial charge is 0.481 e. The third-order valence-electron chi connectivity index (χ3n) is 3.45. The Labute approximate surface area is 80.3 Å². The molecule has 0 aromatic heterocycles. The molecule has 1 aliphatic carbocycles. The van der Waals surface area contributed by atoms with E-state index < -0.39 is 5.97 Å². The predicted octanol–water partition coefficient (Wildman–Crippen LogP) is 2.92. The maximum absolute atomic E-state index is 11.0.